The number of hydrogen-bond donors (Lipinski definition) is 1. The van der Waals surface area contributed by atoms with E-state index in [0.29, 0.717) is 19.8 Å². The molecular weight excluding hydrogens is 345 g/mol. The molecule has 0 radical (unpaired) electrons. The second kappa shape index (κ2) is 8.53. The summed E-state index contributed by atoms with van der Waals surface area (Å²) in [6.45, 7) is 3.67. The highest BCUT2D eigenvalue weighted by molar-refractivity contribution is 5.78. The number of halogens is 1. The van der Waals surface area contributed by atoms with E-state index in [0.717, 1.165) is 35.3 Å². The first-order valence-corrected chi connectivity index (χ1v) is 9.26. The van der Waals surface area contributed by atoms with Gasteiger partial charge < -0.3 is 14.8 Å². The fourth-order valence-corrected chi connectivity index (χ4v) is 3.64. The molecule has 1 heterocycles. The number of methoxy groups -OCH3 is 1. The van der Waals surface area contributed by atoms with Crippen molar-refractivity contribution >= 4 is 5.91 Å². The summed E-state index contributed by atoms with van der Waals surface area (Å²) in [7, 11) is 1.63. The van der Waals surface area contributed by atoms with Gasteiger partial charge in [0.1, 0.15) is 11.6 Å². The first kappa shape index (κ1) is 19.4. The lowest BCUT2D eigenvalue weighted by atomic mass is 9.74. The molecule has 1 amide bonds. The first-order valence-electron chi connectivity index (χ1n) is 9.26. The molecule has 0 aliphatic carbocycles. The van der Waals surface area contributed by atoms with Crippen LogP contribution in [-0.4, -0.2) is 32.8 Å². The van der Waals surface area contributed by atoms with Crippen molar-refractivity contribution in [3.05, 3.63) is 65.0 Å². The van der Waals surface area contributed by atoms with Crippen molar-refractivity contribution in [1.29, 1.82) is 0 Å². The quantitative estimate of drug-likeness (QED) is 0.845. The predicted molar refractivity (Wildman–Crippen MR) is 103 cm³/mol. The van der Waals surface area contributed by atoms with Crippen molar-refractivity contribution < 1.29 is 18.7 Å². The van der Waals surface area contributed by atoms with Crippen LogP contribution in [0.4, 0.5) is 4.39 Å². The van der Waals surface area contributed by atoms with Gasteiger partial charge in [-0.2, -0.15) is 0 Å². The molecule has 1 fully saturated rings. The molecule has 0 spiro atoms. The SMILES string of the molecule is COc1cc(CC(=O)NCC2(c3cccc(F)c3)CCOCC2)ccc1C. The Balaban J connectivity index is 1.69. The summed E-state index contributed by atoms with van der Waals surface area (Å²) < 4.78 is 24.6. The maximum Gasteiger partial charge on any atom is 0.224 e. The second-order valence-electron chi connectivity index (χ2n) is 7.16. The van der Waals surface area contributed by atoms with E-state index >= 15 is 0 Å². The number of ether oxygens (including phenoxy) is 2. The lowest BCUT2D eigenvalue weighted by Crippen LogP contribution is -2.45. The van der Waals surface area contributed by atoms with Gasteiger partial charge in [0, 0.05) is 25.2 Å². The number of benzene rings is 2. The van der Waals surface area contributed by atoms with Gasteiger partial charge in [-0.05, 0) is 54.7 Å². The minimum Gasteiger partial charge on any atom is -0.496 e. The highest BCUT2D eigenvalue weighted by Gasteiger charge is 2.35. The molecule has 5 heteroatoms. The van der Waals surface area contributed by atoms with Crippen molar-refractivity contribution in [2.24, 2.45) is 0 Å². The summed E-state index contributed by atoms with van der Waals surface area (Å²) in [5.41, 5.74) is 2.57. The van der Waals surface area contributed by atoms with Gasteiger partial charge in [0.25, 0.3) is 0 Å². The molecule has 3 rings (SSSR count). The van der Waals surface area contributed by atoms with Crippen molar-refractivity contribution in [2.45, 2.75) is 31.6 Å². The Hall–Kier alpha value is -2.40. The fraction of sp³-hybridized carbons (Fsp3) is 0.409. The molecule has 0 unspecified atom stereocenters. The Morgan fingerprint density at radius 1 is 1.22 bits per heavy atom. The molecule has 0 atom stereocenters. The van der Waals surface area contributed by atoms with Crippen LogP contribution < -0.4 is 10.1 Å². The van der Waals surface area contributed by atoms with Crippen LogP contribution in [0.1, 0.15) is 29.5 Å². The Labute approximate surface area is 159 Å². The number of amides is 1. The minimum atomic E-state index is -0.291. The van der Waals surface area contributed by atoms with Gasteiger partial charge in [-0.1, -0.05) is 24.3 Å². The second-order valence-corrected chi connectivity index (χ2v) is 7.16. The van der Waals surface area contributed by atoms with E-state index in [-0.39, 0.29) is 23.6 Å². The summed E-state index contributed by atoms with van der Waals surface area (Å²) in [6.07, 6.45) is 1.80. The molecule has 4 nitrogen and oxygen atoms in total. The number of hydrogen-bond acceptors (Lipinski definition) is 3. The number of carbonyl (C=O) groups excluding carboxylic acids is 1. The number of rotatable bonds is 6. The van der Waals surface area contributed by atoms with Gasteiger partial charge >= 0.3 is 0 Å². The maximum atomic E-state index is 13.8. The molecule has 27 heavy (non-hydrogen) atoms. The normalized spacial score (nSPS) is 16.0. The van der Waals surface area contributed by atoms with Gasteiger partial charge in [-0.15, -0.1) is 0 Å². The molecular formula is C22H26FNO3. The molecule has 144 valence electrons. The van der Waals surface area contributed by atoms with Crippen LogP contribution in [0.5, 0.6) is 5.75 Å². The summed E-state index contributed by atoms with van der Waals surface area (Å²) in [5.74, 6) is 0.473. The summed E-state index contributed by atoms with van der Waals surface area (Å²) in [6, 6.07) is 12.5. The Kier molecular flexibility index (Phi) is 6.11. The monoisotopic (exact) mass is 371 g/mol. The van der Waals surface area contributed by atoms with E-state index in [2.05, 4.69) is 5.32 Å². The van der Waals surface area contributed by atoms with Crippen LogP contribution >= 0.6 is 0 Å². The third kappa shape index (κ3) is 4.66. The molecule has 1 aliphatic heterocycles. The van der Waals surface area contributed by atoms with Gasteiger partial charge in [0.15, 0.2) is 0 Å². The van der Waals surface area contributed by atoms with Crippen LogP contribution in [0, 0.1) is 12.7 Å². The number of aryl methyl sites for hydroxylation is 1. The molecule has 1 aliphatic rings. The van der Waals surface area contributed by atoms with Crippen LogP contribution in [0.25, 0.3) is 0 Å². The molecule has 0 aromatic heterocycles. The van der Waals surface area contributed by atoms with E-state index < -0.39 is 0 Å². The van der Waals surface area contributed by atoms with E-state index in [1.54, 1.807) is 19.2 Å². The molecule has 2 aromatic carbocycles. The zero-order valence-corrected chi connectivity index (χ0v) is 15.9. The Morgan fingerprint density at radius 2 is 2.00 bits per heavy atom. The lowest BCUT2D eigenvalue weighted by Gasteiger charge is -2.38. The summed E-state index contributed by atoms with van der Waals surface area (Å²) in [5, 5.41) is 3.05. The average Bonchev–Trinajstić information content (AvgIpc) is 2.68. The van der Waals surface area contributed by atoms with Crippen molar-refractivity contribution in [2.75, 3.05) is 26.9 Å². The highest BCUT2D eigenvalue weighted by atomic mass is 19.1. The Morgan fingerprint density at radius 3 is 2.70 bits per heavy atom. The van der Waals surface area contributed by atoms with Gasteiger partial charge in [-0.3, -0.25) is 4.79 Å². The summed E-state index contributed by atoms with van der Waals surface area (Å²) in [4.78, 5) is 12.5. The third-order valence-electron chi connectivity index (χ3n) is 5.35. The van der Waals surface area contributed by atoms with Crippen LogP contribution in [-0.2, 0) is 21.4 Å². The minimum absolute atomic E-state index is 0.0526. The Bertz CT molecular complexity index is 800. The molecule has 2 aromatic rings. The largest absolute Gasteiger partial charge is 0.496 e. The standard InChI is InChI=1S/C22H26FNO3/c1-16-6-7-17(12-20(16)26-2)13-21(25)24-15-22(8-10-27-11-9-22)18-4-3-5-19(23)14-18/h3-7,12,14H,8-11,13,15H2,1-2H3,(H,24,25). The molecule has 1 saturated heterocycles. The van der Waals surface area contributed by atoms with E-state index in [9.17, 15) is 9.18 Å². The molecule has 0 bridgehead atoms. The van der Waals surface area contributed by atoms with Crippen molar-refractivity contribution in [3.63, 3.8) is 0 Å². The van der Waals surface area contributed by atoms with Gasteiger partial charge in [0.2, 0.25) is 5.91 Å². The zero-order valence-electron chi connectivity index (χ0n) is 15.9. The van der Waals surface area contributed by atoms with Crippen molar-refractivity contribution in [1.82, 2.24) is 5.32 Å². The van der Waals surface area contributed by atoms with Crippen molar-refractivity contribution in [3.8, 4) is 5.75 Å². The van der Waals surface area contributed by atoms with E-state index in [1.807, 2.05) is 31.2 Å². The van der Waals surface area contributed by atoms with Crippen LogP contribution in [0.3, 0.4) is 0 Å². The molecule has 1 N–H and O–H groups in total. The van der Waals surface area contributed by atoms with Crippen LogP contribution in [0.15, 0.2) is 42.5 Å². The summed E-state index contributed by atoms with van der Waals surface area (Å²) >= 11 is 0. The number of nitrogens with one attached hydrogen (secondary N) is 1. The number of carbonyl (C=O) groups is 1. The highest BCUT2D eigenvalue weighted by Crippen LogP contribution is 2.34. The maximum absolute atomic E-state index is 13.8. The third-order valence-corrected chi connectivity index (χ3v) is 5.35. The first-order chi connectivity index (χ1) is 13.0. The zero-order chi connectivity index (χ0) is 19.3. The fourth-order valence-electron chi connectivity index (χ4n) is 3.64. The van der Waals surface area contributed by atoms with E-state index in [1.165, 1.54) is 6.07 Å². The van der Waals surface area contributed by atoms with E-state index in [4.69, 9.17) is 9.47 Å². The average molecular weight is 371 g/mol. The lowest BCUT2D eigenvalue weighted by molar-refractivity contribution is -0.120. The van der Waals surface area contributed by atoms with Gasteiger partial charge in [0.05, 0.1) is 13.5 Å². The van der Waals surface area contributed by atoms with Gasteiger partial charge in [-0.25, -0.2) is 4.39 Å². The van der Waals surface area contributed by atoms with Crippen LogP contribution in [0.2, 0.25) is 0 Å². The molecule has 0 saturated carbocycles. The smallest absolute Gasteiger partial charge is 0.224 e. The topological polar surface area (TPSA) is 47.6 Å². The predicted octanol–water partition coefficient (Wildman–Crippen LogP) is 3.55.